The van der Waals surface area contributed by atoms with Crippen molar-refractivity contribution in [1.82, 2.24) is 0 Å². The Morgan fingerprint density at radius 3 is 1.41 bits per heavy atom. The van der Waals surface area contributed by atoms with Crippen LogP contribution in [0.4, 0.5) is 0 Å². The van der Waals surface area contributed by atoms with Crippen LogP contribution < -0.4 is 0 Å². The fourth-order valence-electron chi connectivity index (χ4n) is 0.802. The molecule has 0 atom stereocenters. The van der Waals surface area contributed by atoms with E-state index in [0.717, 1.165) is 0 Å². The molecule has 0 spiro atoms. The lowest BCUT2D eigenvalue weighted by Crippen LogP contribution is -2.43. The maximum atomic E-state index is 9.12. The van der Waals surface area contributed by atoms with Gasteiger partial charge < -0.3 is 25.5 Å². The van der Waals surface area contributed by atoms with Crippen LogP contribution in [0.25, 0.3) is 0 Å². The second kappa shape index (κ2) is 9.31. The van der Waals surface area contributed by atoms with Gasteiger partial charge in [0.2, 0.25) is 0 Å². The third kappa shape index (κ3) is 7.39. The van der Waals surface area contributed by atoms with Gasteiger partial charge in [0.15, 0.2) is 0 Å². The highest BCUT2D eigenvalue weighted by Crippen LogP contribution is 2.45. The summed E-state index contributed by atoms with van der Waals surface area (Å²) in [7, 11) is 0. The van der Waals surface area contributed by atoms with E-state index in [4.69, 9.17) is 30.3 Å². The zero-order chi connectivity index (χ0) is 14.1. The van der Waals surface area contributed by atoms with Crippen LogP contribution in [0, 0.1) is 5.41 Å². The van der Waals surface area contributed by atoms with E-state index in [9.17, 15) is 0 Å². The molecule has 9 heteroatoms. The first-order chi connectivity index (χ1) is 7.70. The predicted molar refractivity (Wildman–Crippen MR) is 72.7 cm³/mol. The molecule has 0 fully saturated rings. The van der Waals surface area contributed by atoms with Crippen molar-refractivity contribution in [2.24, 2.45) is 5.41 Å². The minimum absolute atomic E-state index is 0.148. The Bertz CT molecular complexity index is 214. The second-order valence-electron chi connectivity index (χ2n) is 3.26. The monoisotopic (exact) mass is 306 g/mol. The van der Waals surface area contributed by atoms with Gasteiger partial charge in [-0.3, -0.25) is 0 Å². The molecule has 0 aromatic heterocycles. The van der Waals surface area contributed by atoms with Gasteiger partial charge in [-0.15, -0.1) is 0 Å². The van der Waals surface area contributed by atoms with E-state index >= 15 is 0 Å². The van der Waals surface area contributed by atoms with Gasteiger partial charge in [-0.25, -0.2) is 4.79 Å². The number of thiol groups is 3. The molecular weight excluding hydrogens is 288 g/mol. The van der Waals surface area contributed by atoms with E-state index in [-0.39, 0.29) is 26.2 Å². The zero-order valence-electron chi connectivity index (χ0n) is 9.02. The lowest BCUT2D eigenvalue weighted by atomic mass is 9.88. The van der Waals surface area contributed by atoms with Crippen molar-refractivity contribution in [1.29, 1.82) is 0 Å². The Hall–Kier alpha value is 0.360. The minimum Gasteiger partial charge on any atom is -0.480 e. The van der Waals surface area contributed by atoms with Gasteiger partial charge in [0.1, 0.15) is 10.0 Å². The lowest BCUT2D eigenvalue weighted by Gasteiger charge is -2.39. The lowest BCUT2D eigenvalue weighted by molar-refractivity contribution is -0.140. The van der Waals surface area contributed by atoms with Crippen LogP contribution >= 0.6 is 37.9 Å². The molecule has 0 saturated carbocycles. The molecule has 0 aliphatic heterocycles. The quantitative estimate of drug-likeness (QED) is 0.232. The van der Waals surface area contributed by atoms with Crippen molar-refractivity contribution in [3.8, 4) is 0 Å². The Kier molecular flexibility index (Phi) is 10.8. The fourth-order valence-corrected chi connectivity index (χ4v) is 1.56. The van der Waals surface area contributed by atoms with Gasteiger partial charge in [-0.2, -0.15) is 37.9 Å². The number of aliphatic hydroxyl groups excluding tert-OH is 4. The maximum Gasteiger partial charge on any atom is 0.329 e. The molecule has 0 aromatic carbocycles. The van der Waals surface area contributed by atoms with Crippen LogP contribution in [-0.2, 0) is 4.79 Å². The summed E-state index contributed by atoms with van der Waals surface area (Å²) in [6, 6.07) is 0. The van der Waals surface area contributed by atoms with E-state index in [1.165, 1.54) is 0 Å². The molecule has 5 N–H and O–H groups in total. The first kappa shape index (κ1) is 19.7. The number of rotatable bonds is 6. The van der Waals surface area contributed by atoms with Crippen molar-refractivity contribution < 1.29 is 30.3 Å². The van der Waals surface area contributed by atoms with E-state index in [2.05, 4.69) is 37.9 Å². The van der Waals surface area contributed by atoms with Crippen LogP contribution in [0.1, 0.15) is 6.42 Å². The summed E-state index contributed by atoms with van der Waals surface area (Å²) in [6.45, 7) is -1.56. The number of carbonyl (C=O) groups is 1. The molecule has 0 amide bonds. The van der Waals surface area contributed by atoms with Crippen molar-refractivity contribution in [2.45, 2.75) is 9.83 Å². The van der Waals surface area contributed by atoms with Gasteiger partial charge >= 0.3 is 5.97 Å². The number of aliphatic carboxylic acids is 1. The van der Waals surface area contributed by atoms with Crippen molar-refractivity contribution in [2.75, 3.05) is 26.4 Å². The number of hydrogen-bond acceptors (Lipinski definition) is 8. The van der Waals surface area contributed by atoms with Gasteiger partial charge in [0, 0.05) is 6.61 Å². The first-order valence-electron chi connectivity index (χ1n) is 4.53. The number of hydrogen-bond donors (Lipinski definition) is 8. The Morgan fingerprint density at radius 1 is 1.00 bits per heavy atom. The largest absolute Gasteiger partial charge is 0.480 e. The summed E-state index contributed by atoms with van der Waals surface area (Å²) in [4.78, 5) is 9.12. The zero-order valence-corrected chi connectivity index (χ0v) is 11.7. The highest BCUT2D eigenvalue weighted by atomic mass is 32.2. The molecular formula is C8H18O6S3. The van der Waals surface area contributed by atoms with E-state index in [1.54, 1.807) is 0 Å². The maximum absolute atomic E-state index is 9.12. The molecule has 0 aliphatic rings. The van der Waals surface area contributed by atoms with Crippen LogP contribution in [0.2, 0.25) is 0 Å². The first-order valence-corrected chi connectivity index (χ1v) is 5.87. The van der Waals surface area contributed by atoms with E-state index in [0.29, 0.717) is 0 Å². The minimum atomic E-state index is -1.19. The summed E-state index contributed by atoms with van der Waals surface area (Å²) in [5.41, 5.74) is -0.975. The smallest absolute Gasteiger partial charge is 0.329 e. The Labute approximate surface area is 116 Å². The fraction of sp³-hybridized carbons (Fsp3) is 0.875. The Balaban J connectivity index is 0. The molecule has 0 radical (unpaired) electrons. The second-order valence-corrected chi connectivity index (χ2v) is 6.33. The van der Waals surface area contributed by atoms with Crippen molar-refractivity contribution in [3.05, 3.63) is 0 Å². The van der Waals surface area contributed by atoms with Gasteiger partial charge in [-0.1, -0.05) is 0 Å². The van der Waals surface area contributed by atoms with Crippen molar-refractivity contribution in [3.63, 3.8) is 0 Å². The molecule has 0 heterocycles. The van der Waals surface area contributed by atoms with Gasteiger partial charge in [-0.05, 0) is 6.42 Å². The van der Waals surface area contributed by atoms with Gasteiger partial charge in [0.25, 0.3) is 0 Å². The standard InChI is InChI=1S/C6H14O3S3.C2H4O3/c7-2-1-5(3-8,4-9)6(10,11)12;3-1-2(4)5/h7-12H,1-4H2;3H,1H2,(H,4,5). The summed E-state index contributed by atoms with van der Waals surface area (Å²) in [5.74, 6) is -1.19. The van der Waals surface area contributed by atoms with E-state index < -0.39 is 21.4 Å². The number of carboxylic acid groups (broad SMARTS) is 1. The van der Waals surface area contributed by atoms with Crippen LogP contribution in [-0.4, -0.2) is 61.3 Å². The average Bonchev–Trinajstić information content (AvgIpc) is 2.25. The molecule has 6 nitrogen and oxygen atoms in total. The molecule has 0 rings (SSSR count). The van der Waals surface area contributed by atoms with Crippen LogP contribution in [0.15, 0.2) is 0 Å². The normalized spacial score (nSPS) is 11.7. The molecule has 0 unspecified atom stereocenters. The molecule has 17 heavy (non-hydrogen) atoms. The summed E-state index contributed by atoms with van der Waals surface area (Å²) in [5, 5.41) is 41.8. The molecule has 104 valence electrons. The number of carboxylic acids is 1. The summed E-state index contributed by atoms with van der Waals surface area (Å²) < 4.78 is -1.11. The van der Waals surface area contributed by atoms with Crippen LogP contribution in [0.5, 0.6) is 0 Å². The molecule has 0 saturated heterocycles. The third-order valence-corrected chi connectivity index (χ3v) is 3.47. The highest BCUT2D eigenvalue weighted by Gasteiger charge is 2.43. The summed E-state index contributed by atoms with van der Waals surface area (Å²) in [6.07, 6.45) is 0.205. The van der Waals surface area contributed by atoms with Crippen LogP contribution in [0.3, 0.4) is 0 Å². The summed E-state index contributed by atoms with van der Waals surface area (Å²) >= 11 is 12.1. The number of aliphatic hydroxyl groups is 4. The predicted octanol–water partition coefficient (Wildman–Crippen LogP) is -1.15. The average molecular weight is 306 g/mol. The van der Waals surface area contributed by atoms with Crippen molar-refractivity contribution >= 4 is 43.9 Å². The molecule has 0 aromatic rings. The Morgan fingerprint density at radius 2 is 1.35 bits per heavy atom. The SMILES string of the molecule is O=C(O)CO.OCCC(CO)(CO)C(S)(S)S. The molecule has 0 bridgehead atoms. The van der Waals surface area contributed by atoms with E-state index in [1.807, 2.05) is 0 Å². The highest BCUT2D eigenvalue weighted by molar-refractivity contribution is 8.17. The molecule has 0 aliphatic carbocycles. The van der Waals surface area contributed by atoms with Gasteiger partial charge in [0.05, 0.1) is 18.6 Å². The third-order valence-electron chi connectivity index (χ3n) is 2.04. The topological polar surface area (TPSA) is 118 Å².